The van der Waals surface area contributed by atoms with Crippen molar-refractivity contribution in [3.63, 3.8) is 0 Å². The summed E-state index contributed by atoms with van der Waals surface area (Å²) < 4.78 is 0. The monoisotopic (exact) mass is 396 g/mol. The van der Waals surface area contributed by atoms with Gasteiger partial charge in [-0.1, -0.05) is 75.4 Å². The van der Waals surface area contributed by atoms with Crippen LogP contribution in [0.5, 0.6) is 0 Å². The first-order chi connectivity index (χ1) is 13.8. The molecule has 0 aromatic heterocycles. The highest BCUT2D eigenvalue weighted by molar-refractivity contribution is 5.61. The maximum atomic E-state index is 4.55. The number of nitrogens with zero attached hydrogens (tertiary/aromatic N) is 1. The molecular formula is C25H40N4. The molecule has 2 aromatic rings. The first-order valence-electron chi connectivity index (χ1n) is 10.1. The molecule has 3 rings (SSSR count). The second-order valence-electron chi connectivity index (χ2n) is 5.54. The second kappa shape index (κ2) is 18.7. The topological polar surface area (TPSA) is 85.4 Å². The van der Waals surface area contributed by atoms with Gasteiger partial charge >= 0.3 is 0 Å². The molecule has 0 atom stereocenters. The molecule has 0 bridgehead atoms. The molecule has 29 heavy (non-hydrogen) atoms. The number of para-hydroxylation sites is 1. The van der Waals surface area contributed by atoms with Crippen LogP contribution in [0.15, 0.2) is 71.8 Å². The van der Waals surface area contributed by atoms with E-state index in [9.17, 15) is 0 Å². The first-order valence-corrected chi connectivity index (χ1v) is 10.1. The fourth-order valence-electron chi connectivity index (χ4n) is 2.51. The highest BCUT2D eigenvalue weighted by Crippen LogP contribution is 2.03. The normalized spacial score (nSPS) is 10.9. The van der Waals surface area contributed by atoms with Gasteiger partial charge in [0.25, 0.3) is 0 Å². The van der Waals surface area contributed by atoms with Crippen LogP contribution < -0.4 is 27.8 Å². The smallest absolute Gasteiger partial charge is 0.0660 e. The van der Waals surface area contributed by atoms with E-state index in [4.69, 9.17) is 0 Å². The van der Waals surface area contributed by atoms with Crippen LogP contribution >= 0.6 is 0 Å². The van der Waals surface area contributed by atoms with Crippen LogP contribution in [0.1, 0.15) is 39.7 Å². The summed E-state index contributed by atoms with van der Waals surface area (Å²) >= 11 is 0. The van der Waals surface area contributed by atoms with Crippen LogP contribution in [0, 0.1) is 0 Å². The van der Waals surface area contributed by atoms with Crippen LogP contribution in [-0.4, -0.2) is 20.6 Å². The lowest BCUT2D eigenvalue weighted by Crippen LogP contribution is -2.22. The molecule has 1 aliphatic rings. The molecule has 0 radical (unpaired) electrons. The zero-order valence-corrected chi connectivity index (χ0v) is 19.1. The molecule has 0 aliphatic carbocycles. The van der Waals surface area contributed by atoms with Crippen LogP contribution in [0.2, 0.25) is 0 Å². The van der Waals surface area contributed by atoms with Gasteiger partial charge in [-0.3, -0.25) is 4.99 Å². The van der Waals surface area contributed by atoms with Gasteiger partial charge in [0.1, 0.15) is 0 Å². The quantitative estimate of drug-likeness (QED) is 0.682. The maximum absolute atomic E-state index is 4.55. The summed E-state index contributed by atoms with van der Waals surface area (Å²) in [5.74, 6) is 0. The van der Waals surface area contributed by atoms with Gasteiger partial charge in [0.05, 0.1) is 11.9 Å². The number of allylic oxidation sites excluding steroid dienone is 2. The Morgan fingerprint density at radius 1 is 1.03 bits per heavy atom. The lowest BCUT2D eigenvalue weighted by atomic mass is 10.1. The third kappa shape index (κ3) is 10.4. The van der Waals surface area contributed by atoms with Crippen molar-refractivity contribution in [2.24, 2.45) is 10.7 Å². The average molecular weight is 397 g/mol. The molecule has 0 saturated carbocycles. The minimum Gasteiger partial charge on any atom is -0.388 e. The number of rotatable bonds is 4. The van der Waals surface area contributed by atoms with Crippen molar-refractivity contribution < 1.29 is 0 Å². The number of hydrogen-bond acceptors (Lipinski definition) is 4. The van der Waals surface area contributed by atoms with Crippen molar-refractivity contribution in [3.05, 3.63) is 82.9 Å². The van der Waals surface area contributed by atoms with Crippen LogP contribution in [-0.2, 0) is 0 Å². The van der Waals surface area contributed by atoms with E-state index in [2.05, 4.69) is 65.5 Å². The van der Waals surface area contributed by atoms with Gasteiger partial charge in [0, 0.05) is 18.0 Å². The molecule has 160 valence electrons. The number of fused-ring (bicyclic) bond motifs is 1. The van der Waals surface area contributed by atoms with Crippen molar-refractivity contribution in [1.29, 1.82) is 0 Å². The van der Waals surface area contributed by atoms with E-state index in [-0.39, 0.29) is 6.15 Å². The van der Waals surface area contributed by atoms with E-state index in [1.165, 1.54) is 23.4 Å². The Labute approximate surface area is 177 Å². The van der Waals surface area contributed by atoms with E-state index in [1.54, 1.807) is 0 Å². The van der Waals surface area contributed by atoms with Crippen LogP contribution in [0.3, 0.4) is 0 Å². The van der Waals surface area contributed by atoms with Crippen molar-refractivity contribution in [3.8, 4) is 0 Å². The van der Waals surface area contributed by atoms with Gasteiger partial charge in [0.15, 0.2) is 0 Å². The summed E-state index contributed by atoms with van der Waals surface area (Å²) in [6, 6.07) is 16.6. The molecule has 4 nitrogen and oxygen atoms in total. The summed E-state index contributed by atoms with van der Waals surface area (Å²) in [5, 5.41) is 5.45. The summed E-state index contributed by atoms with van der Waals surface area (Å²) in [7, 11) is 3.41. The largest absolute Gasteiger partial charge is 0.388 e. The third-order valence-corrected chi connectivity index (χ3v) is 3.76. The standard InChI is InChI=1S/C15H17N.C7H9N.C2H6.CH5N.H3N/c1-3-5-7-13-11-16-15-10-12(6-4-2)8-9-14(13)15;1-8-7-5-3-2-4-6-7;2*1-2;/h4-10H,3,11H2,1-2H3;2-6,8H,1H3;1-2H3;2H2,1H3;1H3/b6-4-,7-5+;;;;. The number of nitrogens with one attached hydrogen (secondary N) is 1. The summed E-state index contributed by atoms with van der Waals surface area (Å²) in [6.45, 7) is 9.01. The SMILES string of the molecule is C/C=C\c1ccc2c(c1)=NCC=2/C=C/CC.CC.CN.CNc1ccccc1.N. The fraction of sp³-hybridized carbons (Fsp3) is 0.320. The van der Waals surface area contributed by atoms with Crippen LogP contribution in [0.25, 0.3) is 11.6 Å². The minimum atomic E-state index is 0. The summed E-state index contributed by atoms with van der Waals surface area (Å²) in [4.78, 5) is 4.55. The average Bonchev–Trinajstić information content (AvgIpc) is 3.18. The molecular weight excluding hydrogens is 356 g/mol. The first kappa shape index (κ1) is 28.5. The zero-order chi connectivity index (χ0) is 21.2. The molecule has 6 N–H and O–H groups in total. The van der Waals surface area contributed by atoms with Crippen LogP contribution in [0.4, 0.5) is 5.69 Å². The third-order valence-electron chi connectivity index (χ3n) is 3.76. The highest BCUT2D eigenvalue weighted by atomic mass is 14.8. The lowest BCUT2D eigenvalue weighted by Gasteiger charge is -1.94. The highest BCUT2D eigenvalue weighted by Gasteiger charge is 2.03. The second-order valence-corrected chi connectivity index (χ2v) is 5.54. The molecule has 0 spiro atoms. The summed E-state index contributed by atoms with van der Waals surface area (Å²) in [5.41, 5.74) is 8.22. The number of hydrogen-bond donors (Lipinski definition) is 3. The molecule has 0 amide bonds. The van der Waals surface area contributed by atoms with Crippen molar-refractivity contribution >= 4 is 17.3 Å². The Bertz CT molecular complexity index is 822. The van der Waals surface area contributed by atoms with E-state index in [0.717, 1.165) is 24.0 Å². The number of nitrogens with two attached hydrogens (primary N) is 1. The van der Waals surface area contributed by atoms with Gasteiger partial charge in [0.2, 0.25) is 0 Å². The number of benzene rings is 2. The van der Waals surface area contributed by atoms with E-state index >= 15 is 0 Å². The molecule has 0 saturated heterocycles. The Balaban J connectivity index is 0. The predicted molar refractivity (Wildman–Crippen MR) is 132 cm³/mol. The zero-order valence-electron chi connectivity index (χ0n) is 19.1. The van der Waals surface area contributed by atoms with E-state index in [0.29, 0.717) is 0 Å². The molecule has 1 heterocycles. The Kier molecular flexibility index (Phi) is 18.4. The molecule has 2 aromatic carbocycles. The minimum absolute atomic E-state index is 0. The van der Waals surface area contributed by atoms with Gasteiger partial charge in [-0.05, 0) is 49.7 Å². The Morgan fingerprint density at radius 2 is 1.69 bits per heavy atom. The van der Waals surface area contributed by atoms with Gasteiger partial charge in [-0.15, -0.1) is 0 Å². The predicted octanol–water partition coefficient (Wildman–Crippen LogP) is 4.96. The summed E-state index contributed by atoms with van der Waals surface area (Å²) in [6.07, 6.45) is 9.63. The van der Waals surface area contributed by atoms with Crippen molar-refractivity contribution in [2.75, 3.05) is 26.0 Å². The molecule has 4 heteroatoms. The van der Waals surface area contributed by atoms with E-state index in [1.807, 2.05) is 58.2 Å². The molecule has 1 aliphatic heterocycles. The van der Waals surface area contributed by atoms with Gasteiger partial charge in [-0.2, -0.15) is 0 Å². The van der Waals surface area contributed by atoms with E-state index < -0.39 is 0 Å². The number of anilines is 1. The Morgan fingerprint density at radius 3 is 2.21 bits per heavy atom. The van der Waals surface area contributed by atoms with Gasteiger partial charge < -0.3 is 17.2 Å². The van der Waals surface area contributed by atoms with Crippen molar-refractivity contribution in [2.45, 2.75) is 34.1 Å². The molecule has 0 fully saturated rings. The van der Waals surface area contributed by atoms with Crippen molar-refractivity contribution in [1.82, 2.24) is 6.15 Å². The Hall–Kier alpha value is -2.69. The molecule has 0 unspecified atom stereocenters. The van der Waals surface area contributed by atoms with Gasteiger partial charge in [-0.25, -0.2) is 0 Å². The fourth-order valence-corrected chi connectivity index (χ4v) is 2.51. The maximum Gasteiger partial charge on any atom is 0.0660 e. The lowest BCUT2D eigenvalue weighted by molar-refractivity contribution is 1.20.